The largest absolute Gasteiger partial charge is 0.372 e. The average Bonchev–Trinajstić information content (AvgIpc) is 2.81. The number of fused-ring (bicyclic) bond motifs is 1. The second-order valence-corrected chi connectivity index (χ2v) is 8.19. The molecule has 0 spiro atoms. The number of aromatic nitrogens is 3. The van der Waals surface area contributed by atoms with Gasteiger partial charge in [0.25, 0.3) is 0 Å². The molecule has 1 aromatic heterocycles. The molecule has 0 saturated carbocycles. The topological polar surface area (TPSA) is 81.0 Å². The first kappa shape index (κ1) is 20.2. The molecular weight excluding hydrogens is 354 g/mol. The molecule has 0 aliphatic carbocycles. The van der Waals surface area contributed by atoms with E-state index < -0.39 is 5.54 Å². The summed E-state index contributed by atoms with van der Waals surface area (Å²) in [7, 11) is 0. The number of anilines is 1. The van der Waals surface area contributed by atoms with Crippen LogP contribution in [0.15, 0.2) is 29.1 Å². The van der Waals surface area contributed by atoms with E-state index in [0.29, 0.717) is 19.5 Å². The Labute approximate surface area is 166 Å². The van der Waals surface area contributed by atoms with Gasteiger partial charge in [0.05, 0.1) is 0 Å². The quantitative estimate of drug-likeness (QED) is 0.800. The predicted molar refractivity (Wildman–Crippen MR) is 111 cm³/mol. The zero-order valence-corrected chi connectivity index (χ0v) is 17.3. The Morgan fingerprint density at radius 2 is 1.96 bits per heavy atom. The fourth-order valence-electron chi connectivity index (χ4n) is 3.55. The summed E-state index contributed by atoms with van der Waals surface area (Å²) in [4.78, 5) is 25.3. The van der Waals surface area contributed by atoms with Crippen molar-refractivity contribution in [1.82, 2.24) is 19.7 Å². The van der Waals surface area contributed by atoms with Crippen LogP contribution in [0.1, 0.15) is 51.4 Å². The van der Waals surface area contributed by atoms with Gasteiger partial charge in [-0.1, -0.05) is 24.6 Å². The molecule has 1 unspecified atom stereocenters. The lowest BCUT2D eigenvalue weighted by molar-refractivity contribution is -0.125. The van der Waals surface area contributed by atoms with Crippen molar-refractivity contribution in [2.45, 2.75) is 78.0 Å². The highest BCUT2D eigenvalue weighted by Gasteiger charge is 2.30. The molecule has 1 aliphatic rings. The van der Waals surface area contributed by atoms with Gasteiger partial charge < -0.3 is 10.6 Å². The van der Waals surface area contributed by atoms with Crippen molar-refractivity contribution in [2.75, 3.05) is 5.32 Å². The molecule has 0 fully saturated rings. The third kappa shape index (κ3) is 4.46. The fourth-order valence-corrected chi connectivity index (χ4v) is 3.55. The van der Waals surface area contributed by atoms with E-state index in [2.05, 4.69) is 15.7 Å². The van der Waals surface area contributed by atoms with E-state index in [9.17, 15) is 9.59 Å². The number of aryl methyl sites for hydroxylation is 3. The Morgan fingerprint density at radius 1 is 1.25 bits per heavy atom. The van der Waals surface area contributed by atoms with Crippen molar-refractivity contribution in [3.05, 3.63) is 46.1 Å². The van der Waals surface area contributed by atoms with Crippen LogP contribution < -0.4 is 16.3 Å². The van der Waals surface area contributed by atoms with Gasteiger partial charge in [-0.2, -0.15) is 5.10 Å². The van der Waals surface area contributed by atoms with Gasteiger partial charge in [-0.05, 0) is 52.2 Å². The van der Waals surface area contributed by atoms with Crippen LogP contribution in [-0.4, -0.2) is 31.8 Å². The maximum Gasteiger partial charge on any atom is 0.345 e. The first-order valence-electron chi connectivity index (χ1n) is 10.1. The average molecular weight is 386 g/mol. The summed E-state index contributed by atoms with van der Waals surface area (Å²) in [6.45, 7) is 9.08. The molecule has 0 bridgehead atoms. The number of nitrogens with one attached hydrogen (secondary N) is 2. The number of benzene rings is 1. The standard InChI is InChI=1S/C21H31N5O2/c1-5-13-26-20(28)25-14-12-16(10-11-18(25)24-26)22-19(27)21(3,4)23-17-8-6-15(2)7-9-17/h6-9,16,23H,5,10-14H2,1-4H3,(H,22,27). The summed E-state index contributed by atoms with van der Waals surface area (Å²) in [5, 5.41) is 10.9. The van der Waals surface area contributed by atoms with E-state index in [4.69, 9.17) is 0 Å². The van der Waals surface area contributed by atoms with Crippen molar-refractivity contribution < 1.29 is 4.79 Å². The van der Waals surface area contributed by atoms with Crippen LogP contribution >= 0.6 is 0 Å². The lowest BCUT2D eigenvalue weighted by Gasteiger charge is -2.29. The molecule has 152 valence electrons. The number of hydrogen-bond acceptors (Lipinski definition) is 4. The van der Waals surface area contributed by atoms with Gasteiger partial charge in [0.2, 0.25) is 5.91 Å². The Bertz CT molecular complexity index is 879. The first-order chi connectivity index (χ1) is 13.3. The lowest BCUT2D eigenvalue weighted by Crippen LogP contribution is -2.51. The van der Waals surface area contributed by atoms with Crippen molar-refractivity contribution >= 4 is 11.6 Å². The third-order valence-corrected chi connectivity index (χ3v) is 5.26. The lowest BCUT2D eigenvalue weighted by atomic mass is 10.0. The van der Waals surface area contributed by atoms with Gasteiger partial charge >= 0.3 is 5.69 Å². The van der Waals surface area contributed by atoms with Crippen LogP contribution in [0.2, 0.25) is 0 Å². The first-order valence-corrected chi connectivity index (χ1v) is 10.1. The van der Waals surface area contributed by atoms with Crippen molar-refractivity contribution in [1.29, 1.82) is 0 Å². The number of rotatable bonds is 6. The zero-order valence-electron chi connectivity index (χ0n) is 17.3. The number of nitrogens with zero attached hydrogens (tertiary/aromatic N) is 3. The second kappa shape index (κ2) is 8.20. The molecule has 7 heteroatoms. The normalized spacial score (nSPS) is 16.9. The van der Waals surface area contributed by atoms with Gasteiger partial charge in [0.15, 0.2) is 0 Å². The van der Waals surface area contributed by atoms with Crippen LogP contribution in [0.25, 0.3) is 0 Å². The summed E-state index contributed by atoms with van der Waals surface area (Å²) in [5.41, 5.74) is 1.33. The minimum Gasteiger partial charge on any atom is -0.372 e. The van der Waals surface area contributed by atoms with Crippen molar-refractivity contribution in [3.8, 4) is 0 Å². The predicted octanol–water partition coefficient (Wildman–Crippen LogP) is 2.48. The maximum absolute atomic E-state index is 12.9. The van der Waals surface area contributed by atoms with Crippen LogP contribution in [0.4, 0.5) is 5.69 Å². The Kier molecular flexibility index (Phi) is 5.91. The van der Waals surface area contributed by atoms with Gasteiger partial charge in [0.1, 0.15) is 11.4 Å². The van der Waals surface area contributed by atoms with Gasteiger partial charge in [0, 0.05) is 31.2 Å². The summed E-state index contributed by atoms with van der Waals surface area (Å²) in [5.74, 6) is 0.785. The highest BCUT2D eigenvalue weighted by atomic mass is 16.2. The molecule has 2 aromatic rings. The number of amides is 1. The van der Waals surface area contributed by atoms with Gasteiger partial charge in [-0.15, -0.1) is 0 Å². The molecule has 1 aliphatic heterocycles. The molecule has 1 aromatic carbocycles. The molecule has 1 amide bonds. The molecular formula is C21H31N5O2. The molecule has 28 heavy (non-hydrogen) atoms. The van der Waals surface area contributed by atoms with Gasteiger partial charge in [-0.25, -0.2) is 9.48 Å². The SMILES string of the molecule is CCCn1nc2n(c1=O)CCC(NC(=O)C(C)(C)Nc1ccc(C)cc1)CC2. The highest BCUT2D eigenvalue weighted by molar-refractivity contribution is 5.88. The smallest absolute Gasteiger partial charge is 0.345 e. The summed E-state index contributed by atoms with van der Waals surface area (Å²) < 4.78 is 3.32. The summed E-state index contributed by atoms with van der Waals surface area (Å²) in [6.07, 6.45) is 3.10. The Morgan fingerprint density at radius 3 is 2.64 bits per heavy atom. The van der Waals surface area contributed by atoms with E-state index in [1.165, 1.54) is 5.56 Å². The van der Waals surface area contributed by atoms with E-state index >= 15 is 0 Å². The molecule has 3 rings (SSSR count). The van der Waals surface area contributed by atoms with Crippen LogP contribution in [0, 0.1) is 6.92 Å². The van der Waals surface area contributed by atoms with Crippen LogP contribution in [0.3, 0.4) is 0 Å². The monoisotopic (exact) mass is 385 g/mol. The number of hydrogen-bond donors (Lipinski definition) is 2. The molecule has 0 radical (unpaired) electrons. The fraction of sp³-hybridized carbons (Fsp3) is 0.571. The summed E-state index contributed by atoms with van der Waals surface area (Å²) >= 11 is 0. The van der Waals surface area contributed by atoms with E-state index in [1.54, 1.807) is 9.25 Å². The minimum absolute atomic E-state index is 0.0346. The molecule has 2 N–H and O–H groups in total. The van der Waals surface area contributed by atoms with Crippen molar-refractivity contribution in [3.63, 3.8) is 0 Å². The molecule has 2 heterocycles. The molecule has 1 atom stereocenters. The van der Waals surface area contributed by atoms with E-state index in [1.807, 2.05) is 52.0 Å². The Hall–Kier alpha value is -2.57. The molecule has 7 nitrogen and oxygen atoms in total. The van der Waals surface area contributed by atoms with Crippen LogP contribution in [0.5, 0.6) is 0 Å². The number of carbonyl (C=O) groups excluding carboxylic acids is 1. The van der Waals surface area contributed by atoms with E-state index in [0.717, 1.165) is 30.8 Å². The van der Waals surface area contributed by atoms with Crippen LogP contribution in [-0.2, 0) is 24.3 Å². The zero-order chi connectivity index (χ0) is 20.3. The highest BCUT2D eigenvalue weighted by Crippen LogP contribution is 2.18. The summed E-state index contributed by atoms with van der Waals surface area (Å²) in [6, 6.07) is 8.04. The van der Waals surface area contributed by atoms with E-state index in [-0.39, 0.29) is 17.6 Å². The Balaban J connectivity index is 1.61. The molecule has 0 saturated heterocycles. The van der Waals surface area contributed by atoms with Crippen molar-refractivity contribution in [2.24, 2.45) is 0 Å². The maximum atomic E-state index is 12.9. The third-order valence-electron chi connectivity index (χ3n) is 5.26. The second-order valence-electron chi connectivity index (χ2n) is 8.19. The van der Waals surface area contributed by atoms with Gasteiger partial charge in [-0.3, -0.25) is 9.36 Å². The number of carbonyl (C=O) groups is 1. The minimum atomic E-state index is -0.733.